The zero-order valence-corrected chi connectivity index (χ0v) is 17.4. The Kier molecular flexibility index (Phi) is 5.36. The van der Waals surface area contributed by atoms with Crippen LogP contribution in [0.4, 0.5) is 5.69 Å². The summed E-state index contributed by atoms with van der Waals surface area (Å²) in [4.78, 5) is 20.8. The molecular weight excluding hydrogens is 384 g/mol. The molecule has 2 heterocycles. The molecule has 1 amide bonds. The molecule has 1 atom stereocenters. The SMILES string of the molecule is COc1ccc(CN2C(=O)[C@H](C)N=C(c3ccc(OC)cc3)c3sccc32)cc1. The monoisotopic (exact) mass is 406 g/mol. The van der Waals surface area contributed by atoms with Crippen LogP contribution >= 0.6 is 11.3 Å². The van der Waals surface area contributed by atoms with Gasteiger partial charge in [0.25, 0.3) is 5.91 Å². The lowest BCUT2D eigenvalue weighted by Crippen LogP contribution is -2.35. The van der Waals surface area contributed by atoms with E-state index in [-0.39, 0.29) is 5.91 Å². The fourth-order valence-corrected chi connectivity index (χ4v) is 4.29. The number of fused-ring (bicyclic) bond motifs is 1. The smallest absolute Gasteiger partial charge is 0.251 e. The molecule has 6 heteroatoms. The van der Waals surface area contributed by atoms with Gasteiger partial charge < -0.3 is 14.4 Å². The Morgan fingerprint density at radius 2 is 1.59 bits per heavy atom. The van der Waals surface area contributed by atoms with Crippen LogP contribution in [0.2, 0.25) is 0 Å². The predicted molar refractivity (Wildman–Crippen MR) is 117 cm³/mol. The first-order valence-corrected chi connectivity index (χ1v) is 10.2. The summed E-state index contributed by atoms with van der Waals surface area (Å²) in [5.74, 6) is 1.58. The van der Waals surface area contributed by atoms with Gasteiger partial charge in [-0.25, -0.2) is 0 Å². The maximum Gasteiger partial charge on any atom is 0.251 e. The number of nitrogens with zero attached hydrogens (tertiary/aromatic N) is 2. The Hall–Kier alpha value is -3.12. The van der Waals surface area contributed by atoms with Crippen LogP contribution < -0.4 is 14.4 Å². The minimum atomic E-state index is -0.468. The van der Waals surface area contributed by atoms with E-state index in [1.807, 2.05) is 71.8 Å². The van der Waals surface area contributed by atoms with Gasteiger partial charge in [0.2, 0.25) is 0 Å². The molecule has 0 unspecified atom stereocenters. The van der Waals surface area contributed by atoms with Crippen LogP contribution in [0.5, 0.6) is 11.5 Å². The van der Waals surface area contributed by atoms with Crippen LogP contribution in [0.15, 0.2) is 65.0 Å². The Labute approximate surface area is 174 Å². The highest BCUT2D eigenvalue weighted by Crippen LogP contribution is 2.34. The standard InChI is InChI=1S/C23H22N2O3S/c1-15-23(26)25(14-16-4-8-18(27-2)9-5-16)20-12-13-29-22(20)21(24-15)17-6-10-19(28-3)11-7-17/h4-13,15H,14H2,1-3H3/t15-/m0/s1. The number of rotatable bonds is 5. The van der Waals surface area contributed by atoms with E-state index in [2.05, 4.69) is 0 Å². The number of hydrogen-bond donors (Lipinski definition) is 0. The summed E-state index contributed by atoms with van der Waals surface area (Å²) in [7, 11) is 3.29. The maximum absolute atomic E-state index is 13.2. The summed E-state index contributed by atoms with van der Waals surface area (Å²) in [6.45, 7) is 2.34. The van der Waals surface area contributed by atoms with Crippen molar-refractivity contribution in [2.45, 2.75) is 19.5 Å². The third-order valence-electron chi connectivity index (χ3n) is 4.96. The second-order valence-corrected chi connectivity index (χ2v) is 7.71. The quantitative estimate of drug-likeness (QED) is 0.625. The van der Waals surface area contributed by atoms with Crippen molar-refractivity contribution in [3.05, 3.63) is 76.0 Å². The molecule has 1 aliphatic heterocycles. The van der Waals surface area contributed by atoms with Gasteiger partial charge in [-0.3, -0.25) is 9.79 Å². The molecule has 0 saturated carbocycles. The summed E-state index contributed by atoms with van der Waals surface area (Å²) in [6.07, 6.45) is 0. The number of methoxy groups -OCH3 is 2. The Morgan fingerprint density at radius 1 is 0.966 bits per heavy atom. The topological polar surface area (TPSA) is 51.1 Å². The van der Waals surface area contributed by atoms with E-state index >= 15 is 0 Å². The number of thiophene rings is 1. The largest absolute Gasteiger partial charge is 0.497 e. The van der Waals surface area contributed by atoms with Crippen LogP contribution in [0.1, 0.15) is 22.9 Å². The van der Waals surface area contributed by atoms with Gasteiger partial charge in [-0.2, -0.15) is 0 Å². The second kappa shape index (κ2) is 8.09. The van der Waals surface area contributed by atoms with Crippen molar-refractivity contribution in [2.75, 3.05) is 19.1 Å². The number of carbonyl (C=O) groups is 1. The molecule has 0 radical (unpaired) electrons. The molecule has 1 aromatic heterocycles. The van der Waals surface area contributed by atoms with Crippen LogP contribution in [-0.2, 0) is 11.3 Å². The molecular formula is C23H22N2O3S. The van der Waals surface area contributed by atoms with Crippen LogP contribution in [0, 0.1) is 0 Å². The first-order chi connectivity index (χ1) is 14.1. The number of carbonyl (C=O) groups excluding carboxylic acids is 1. The van der Waals surface area contributed by atoms with Gasteiger partial charge >= 0.3 is 0 Å². The highest BCUT2D eigenvalue weighted by molar-refractivity contribution is 7.13. The minimum absolute atomic E-state index is 0.0102. The van der Waals surface area contributed by atoms with Gasteiger partial charge in [0, 0.05) is 5.56 Å². The van der Waals surface area contributed by atoms with Gasteiger partial charge in [-0.1, -0.05) is 12.1 Å². The molecule has 0 fully saturated rings. The van der Waals surface area contributed by atoms with E-state index in [0.717, 1.165) is 38.9 Å². The van der Waals surface area contributed by atoms with E-state index in [1.165, 1.54) is 0 Å². The summed E-state index contributed by atoms with van der Waals surface area (Å²) >= 11 is 1.60. The van der Waals surface area contributed by atoms with Crippen LogP contribution in [0.25, 0.3) is 0 Å². The van der Waals surface area contributed by atoms with Gasteiger partial charge in [0.15, 0.2) is 0 Å². The van der Waals surface area contributed by atoms with Gasteiger partial charge in [-0.15, -0.1) is 11.3 Å². The average Bonchev–Trinajstić information content (AvgIpc) is 3.21. The van der Waals surface area contributed by atoms with E-state index in [4.69, 9.17) is 14.5 Å². The Bertz CT molecular complexity index is 1040. The molecule has 0 aliphatic carbocycles. The first kappa shape index (κ1) is 19.2. The molecule has 0 N–H and O–H groups in total. The molecule has 2 aromatic carbocycles. The van der Waals surface area contributed by atoms with E-state index < -0.39 is 6.04 Å². The zero-order chi connectivity index (χ0) is 20.4. The van der Waals surface area contributed by atoms with E-state index in [0.29, 0.717) is 6.54 Å². The summed E-state index contributed by atoms with van der Waals surface area (Å²) < 4.78 is 10.5. The first-order valence-electron chi connectivity index (χ1n) is 9.35. The van der Waals surface area contributed by atoms with Crippen LogP contribution in [-0.4, -0.2) is 31.9 Å². The second-order valence-electron chi connectivity index (χ2n) is 6.79. The molecule has 3 aromatic rings. The van der Waals surface area contributed by atoms with E-state index in [9.17, 15) is 4.79 Å². The number of amides is 1. The summed E-state index contributed by atoms with van der Waals surface area (Å²) in [5.41, 5.74) is 3.75. The highest BCUT2D eigenvalue weighted by Gasteiger charge is 2.30. The normalized spacial score (nSPS) is 16.1. The lowest BCUT2D eigenvalue weighted by molar-refractivity contribution is -0.119. The van der Waals surface area contributed by atoms with Crippen molar-refractivity contribution in [3.63, 3.8) is 0 Å². The lowest BCUT2D eigenvalue weighted by Gasteiger charge is -2.23. The molecule has 0 saturated heterocycles. The third kappa shape index (κ3) is 3.76. The highest BCUT2D eigenvalue weighted by atomic mass is 32.1. The van der Waals surface area contributed by atoms with Crippen molar-refractivity contribution in [3.8, 4) is 11.5 Å². The van der Waals surface area contributed by atoms with Crippen molar-refractivity contribution >= 4 is 28.6 Å². The number of aliphatic imine (C=N–C) groups is 1. The van der Waals surface area contributed by atoms with E-state index in [1.54, 1.807) is 25.6 Å². The molecule has 148 valence electrons. The zero-order valence-electron chi connectivity index (χ0n) is 16.6. The van der Waals surface area contributed by atoms with Gasteiger partial charge in [0.1, 0.15) is 17.5 Å². The predicted octanol–water partition coefficient (Wildman–Crippen LogP) is 4.54. The molecule has 1 aliphatic rings. The molecule has 5 nitrogen and oxygen atoms in total. The fourth-order valence-electron chi connectivity index (χ4n) is 3.38. The van der Waals surface area contributed by atoms with Crippen molar-refractivity contribution in [1.29, 1.82) is 0 Å². The number of hydrogen-bond acceptors (Lipinski definition) is 5. The van der Waals surface area contributed by atoms with Crippen LogP contribution in [0.3, 0.4) is 0 Å². The van der Waals surface area contributed by atoms with Crippen molar-refractivity contribution in [1.82, 2.24) is 0 Å². The fraction of sp³-hybridized carbons (Fsp3) is 0.217. The average molecular weight is 407 g/mol. The minimum Gasteiger partial charge on any atom is -0.497 e. The Morgan fingerprint density at radius 3 is 2.21 bits per heavy atom. The summed E-state index contributed by atoms with van der Waals surface area (Å²) in [6, 6.07) is 17.1. The molecule has 29 heavy (non-hydrogen) atoms. The number of anilines is 1. The maximum atomic E-state index is 13.2. The Balaban J connectivity index is 1.72. The lowest BCUT2D eigenvalue weighted by atomic mass is 10.1. The molecule has 0 bridgehead atoms. The van der Waals surface area contributed by atoms with Crippen molar-refractivity contribution < 1.29 is 14.3 Å². The third-order valence-corrected chi connectivity index (χ3v) is 5.87. The number of ether oxygens (including phenoxy) is 2. The van der Waals surface area contributed by atoms with Gasteiger partial charge in [0.05, 0.1) is 37.0 Å². The molecule has 4 rings (SSSR count). The van der Waals surface area contributed by atoms with Gasteiger partial charge in [-0.05, 0) is 60.3 Å². The number of benzene rings is 2. The summed E-state index contributed by atoms with van der Waals surface area (Å²) in [5, 5.41) is 2.01. The van der Waals surface area contributed by atoms with Crippen molar-refractivity contribution in [2.24, 2.45) is 4.99 Å². The molecule has 0 spiro atoms.